The minimum absolute atomic E-state index is 0.0525. The van der Waals surface area contributed by atoms with Gasteiger partial charge in [-0.2, -0.15) is 0 Å². The van der Waals surface area contributed by atoms with Crippen molar-refractivity contribution in [1.29, 1.82) is 0 Å². The number of fused-ring (bicyclic) bond motifs is 4. The van der Waals surface area contributed by atoms with E-state index in [1.807, 2.05) is 41.3 Å². The van der Waals surface area contributed by atoms with Gasteiger partial charge < -0.3 is 14.8 Å². The van der Waals surface area contributed by atoms with E-state index < -0.39 is 6.04 Å². The molecule has 0 unspecified atom stereocenters. The molecule has 5 heteroatoms. The average Bonchev–Trinajstić information content (AvgIpc) is 3.19. The molecular formula is C27H31N3O2. The standard InChI is InChI=1S/C27H31N3O2/c1-2-3-4-8-15-23-26-21(20-13-9-10-14-22(20)28-26)16-24-27(32)29(18-25(31)30(23)24)17-19-11-6-5-7-12-19/h5-7,9-14,23-24,28H,2-4,8,15-18H2,1H3/t23-,24+/m0/s1. The molecule has 1 N–H and O–H groups in total. The largest absolute Gasteiger partial charge is 0.356 e. The zero-order valence-corrected chi connectivity index (χ0v) is 18.7. The summed E-state index contributed by atoms with van der Waals surface area (Å²) >= 11 is 0. The van der Waals surface area contributed by atoms with Crippen molar-refractivity contribution in [1.82, 2.24) is 14.8 Å². The molecule has 32 heavy (non-hydrogen) atoms. The number of amides is 2. The molecule has 3 aromatic rings. The van der Waals surface area contributed by atoms with E-state index in [4.69, 9.17) is 0 Å². The van der Waals surface area contributed by atoms with Crippen molar-refractivity contribution < 1.29 is 9.59 Å². The van der Waals surface area contributed by atoms with E-state index in [-0.39, 0.29) is 24.4 Å². The Morgan fingerprint density at radius 3 is 2.56 bits per heavy atom. The number of hydrogen-bond acceptors (Lipinski definition) is 2. The van der Waals surface area contributed by atoms with Gasteiger partial charge in [0.25, 0.3) is 0 Å². The lowest BCUT2D eigenvalue weighted by molar-refractivity contribution is -0.160. The van der Waals surface area contributed by atoms with E-state index in [1.165, 1.54) is 23.8 Å². The van der Waals surface area contributed by atoms with Crippen molar-refractivity contribution in [2.45, 2.75) is 64.1 Å². The number of benzene rings is 2. The zero-order chi connectivity index (χ0) is 22.1. The molecule has 0 bridgehead atoms. The number of para-hydroxylation sites is 1. The fourth-order valence-corrected chi connectivity index (χ4v) is 5.45. The van der Waals surface area contributed by atoms with Crippen LogP contribution in [0.5, 0.6) is 0 Å². The first-order valence-electron chi connectivity index (χ1n) is 11.9. The summed E-state index contributed by atoms with van der Waals surface area (Å²) in [5.41, 5.74) is 4.50. The molecule has 2 aliphatic heterocycles. The van der Waals surface area contributed by atoms with Gasteiger partial charge in [-0.1, -0.05) is 81.1 Å². The normalized spacial score (nSPS) is 20.5. The summed E-state index contributed by atoms with van der Waals surface area (Å²) in [7, 11) is 0. The maximum absolute atomic E-state index is 13.6. The lowest BCUT2D eigenvalue weighted by Gasteiger charge is -2.47. The molecule has 166 valence electrons. The first kappa shape index (κ1) is 20.8. The molecule has 2 aliphatic rings. The molecule has 1 aromatic heterocycles. The third kappa shape index (κ3) is 3.70. The van der Waals surface area contributed by atoms with E-state index in [1.54, 1.807) is 4.90 Å². The zero-order valence-electron chi connectivity index (χ0n) is 18.7. The quantitative estimate of drug-likeness (QED) is 0.539. The third-order valence-corrected chi connectivity index (χ3v) is 7.01. The Kier molecular flexibility index (Phi) is 5.73. The Labute approximate surface area is 189 Å². The maximum Gasteiger partial charge on any atom is 0.246 e. The summed E-state index contributed by atoms with van der Waals surface area (Å²) in [6, 6.07) is 17.8. The van der Waals surface area contributed by atoms with Gasteiger partial charge in [0.1, 0.15) is 12.6 Å². The number of rotatable bonds is 7. The molecule has 0 aliphatic carbocycles. The van der Waals surface area contributed by atoms with Crippen LogP contribution in [0.1, 0.15) is 61.9 Å². The van der Waals surface area contributed by atoms with Crippen molar-refractivity contribution in [3.05, 3.63) is 71.4 Å². The van der Waals surface area contributed by atoms with E-state index in [0.717, 1.165) is 36.0 Å². The van der Waals surface area contributed by atoms with Gasteiger partial charge in [0, 0.05) is 29.6 Å². The second-order valence-corrected chi connectivity index (χ2v) is 9.13. The Balaban J connectivity index is 1.49. The van der Waals surface area contributed by atoms with Crippen molar-refractivity contribution in [2.24, 2.45) is 0 Å². The lowest BCUT2D eigenvalue weighted by Crippen LogP contribution is -2.62. The summed E-state index contributed by atoms with van der Waals surface area (Å²) in [5.74, 6) is 0.137. The Morgan fingerprint density at radius 1 is 0.969 bits per heavy atom. The van der Waals surface area contributed by atoms with Gasteiger partial charge in [0.2, 0.25) is 11.8 Å². The number of nitrogens with zero attached hydrogens (tertiary/aromatic N) is 2. The molecule has 2 amide bonds. The fourth-order valence-electron chi connectivity index (χ4n) is 5.45. The van der Waals surface area contributed by atoms with Crippen molar-refractivity contribution in [3.8, 4) is 0 Å². The van der Waals surface area contributed by atoms with Crippen molar-refractivity contribution >= 4 is 22.7 Å². The van der Waals surface area contributed by atoms with E-state index >= 15 is 0 Å². The van der Waals surface area contributed by atoms with E-state index in [2.05, 4.69) is 30.1 Å². The van der Waals surface area contributed by atoms with Crippen LogP contribution in [-0.2, 0) is 22.6 Å². The molecule has 1 fully saturated rings. The second-order valence-electron chi connectivity index (χ2n) is 9.13. The van der Waals surface area contributed by atoms with Gasteiger partial charge in [0.05, 0.1) is 6.04 Å². The number of H-pyrrole nitrogens is 1. The smallest absolute Gasteiger partial charge is 0.246 e. The Bertz CT molecular complexity index is 1120. The van der Waals surface area contributed by atoms with Crippen LogP contribution in [0.2, 0.25) is 0 Å². The molecule has 0 spiro atoms. The predicted octanol–water partition coefficient (Wildman–Crippen LogP) is 4.98. The Morgan fingerprint density at radius 2 is 1.75 bits per heavy atom. The molecule has 3 heterocycles. The molecule has 2 atom stereocenters. The van der Waals surface area contributed by atoms with Crippen LogP contribution in [0.4, 0.5) is 0 Å². The molecule has 5 nitrogen and oxygen atoms in total. The second kappa shape index (κ2) is 8.81. The van der Waals surface area contributed by atoms with Crippen LogP contribution in [0, 0.1) is 0 Å². The summed E-state index contributed by atoms with van der Waals surface area (Å²) in [6.45, 7) is 2.85. The maximum atomic E-state index is 13.6. The lowest BCUT2D eigenvalue weighted by atomic mass is 9.87. The van der Waals surface area contributed by atoms with Gasteiger partial charge in [-0.15, -0.1) is 0 Å². The molecule has 1 saturated heterocycles. The van der Waals surface area contributed by atoms with Crippen molar-refractivity contribution in [3.63, 3.8) is 0 Å². The first-order chi connectivity index (χ1) is 15.7. The average molecular weight is 430 g/mol. The van der Waals surface area contributed by atoms with Crippen LogP contribution in [0.3, 0.4) is 0 Å². The number of hydrogen-bond donors (Lipinski definition) is 1. The van der Waals surface area contributed by atoms with Crippen LogP contribution < -0.4 is 0 Å². The van der Waals surface area contributed by atoms with Gasteiger partial charge >= 0.3 is 0 Å². The number of nitrogens with one attached hydrogen (secondary N) is 1. The van der Waals surface area contributed by atoms with E-state index in [0.29, 0.717) is 13.0 Å². The highest BCUT2D eigenvalue weighted by Crippen LogP contribution is 2.41. The summed E-state index contributed by atoms with van der Waals surface area (Å²) in [6.07, 6.45) is 6.08. The number of carbonyl (C=O) groups excluding carboxylic acids is 2. The number of piperazine rings is 1. The molecule has 2 aromatic carbocycles. The van der Waals surface area contributed by atoms with Gasteiger partial charge in [-0.3, -0.25) is 9.59 Å². The van der Waals surface area contributed by atoms with Crippen LogP contribution >= 0.6 is 0 Å². The molecule has 0 saturated carbocycles. The summed E-state index contributed by atoms with van der Waals surface area (Å²) < 4.78 is 0. The minimum Gasteiger partial charge on any atom is -0.356 e. The van der Waals surface area contributed by atoms with E-state index in [9.17, 15) is 9.59 Å². The van der Waals surface area contributed by atoms with Crippen LogP contribution in [0.25, 0.3) is 10.9 Å². The monoisotopic (exact) mass is 429 g/mol. The van der Waals surface area contributed by atoms with Crippen LogP contribution in [-0.4, -0.2) is 39.2 Å². The predicted molar refractivity (Wildman–Crippen MR) is 126 cm³/mol. The summed E-state index contributed by atoms with van der Waals surface area (Å²) in [4.78, 5) is 34.3. The molecule has 5 rings (SSSR count). The summed E-state index contributed by atoms with van der Waals surface area (Å²) in [5, 5.41) is 1.18. The third-order valence-electron chi connectivity index (χ3n) is 7.01. The number of aromatic amines is 1. The SMILES string of the molecule is CCCCCC[C@H]1c2[nH]c3ccccc3c2C[C@@H]2C(=O)N(Cc3ccccc3)CC(=O)N21. The molecular weight excluding hydrogens is 398 g/mol. The minimum atomic E-state index is -0.414. The topological polar surface area (TPSA) is 56.4 Å². The number of aromatic nitrogens is 1. The van der Waals surface area contributed by atoms with Gasteiger partial charge in [0.15, 0.2) is 0 Å². The number of carbonyl (C=O) groups is 2. The van der Waals surface area contributed by atoms with Gasteiger partial charge in [-0.25, -0.2) is 0 Å². The highest BCUT2D eigenvalue weighted by Gasteiger charge is 2.47. The van der Waals surface area contributed by atoms with Crippen molar-refractivity contribution in [2.75, 3.05) is 6.54 Å². The molecule has 0 radical (unpaired) electrons. The highest BCUT2D eigenvalue weighted by molar-refractivity contribution is 5.97. The highest BCUT2D eigenvalue weighted by atomic mass is 16.2. The van der Waals surface area contributed by atoms with Crippen LogP contribution in [0.15, 0.2) is 54.6 Å². The van der Waals surface area contributed by atoms with Gasteiger partial charge in [-0.05, 0) is 23.6 Å². The number of unbranched alkanes of at least 4 members (excludes halogenated alkanes) is 3. The Hall–Kier alpha value is -3.08. The fraction of sp³-hybridized carbons (Fsp3) is 0.407. The first-order valence-corrected chi connectivity index (χ1v) is 11.9.